The van der Waals surface area contributed by atoms with Gasteiger partial charge in [-0.25, -0.2) is 13.4 Å². The summed E-state index contributed by atoms with van der Waals surface area (Å²) in [5.41, 5.74) is 1.21. The van der Waals surface area contributed by atoms with Gasteiger partial charge in [0.15, 0.2) is 5.13 Å². The molecule has 0 aliphatic carbocycles. The van der Waals surface area contributed by atoms with E-state index in [1.165, 1.54) is 23.5 Å². The Labute approximate surface area is 119 Å². The van der Waals surface area contributed by atoms with Crippen molar-refractivity contribution in [3.05, 3.63) is 39.9 Å². The minimum absolute atomic E-state index is 0.0754. The molecule has 8 heteroatoms. The lowest BCUT2D eigenvalue weighted by Crippen LogP contribution is -2.13. The van der Waals surface area contributed by atoms with Gasteiger partial charge in [-0.3, -0.25) is 4.72 Å². The van der Waals surface area contributed by atoms with Crippen LogP contribution in [0.5, 0.6) is 0 Å². The van der Waals surface area contributed by atoms with Crippen molar-refractivity contribution >= 4 is 38.1 Å². The molecule has 1 heterocycles. The first-order valence-corrected chi connectivity index (χ1v) is 8.00. The van der Waals surface area contributed by atoms with E-state index in [0.717, 1.165) is 5.69 Å². The number of anilines is 1. The van der Waals surface area contributed by atoms with Gasteiger partial charge >= 0.3 is 0 Å². The van der Waals surface area contributed by atoms with Crippen molar-refractivity contribution in [3.63, 3.8) is 0 Å². The topological polar surface area (TPSA) is 79.3 Å². The van der Waals surface area contributed by atoms with Crippen LogP contribution in [-0.2, 0) is 16.6 Å². The lowest BCUT2D eigenvalue weighted by atomic mass is 10.2. The Bertz CT molecular complexity index is 698. The minimum Gasteiger partial charge on any atom is -0.392 e. The fraction of sp³-hybridized carbons (Fsp3) is 0.182. The van der Waals surface area contributed by atoms with Crippen LogP contribution in [0, 0.1) is 6.92 Å². The number of nitrogens with one attached hydrogen (secondary N) is 1. The number of hydrogen-bond acceptors (Lipinski definition) is 5. The summed E-state index contributed by atoms with van der Waals surface area (Å²) in [6.07, 6.45) is 0. The molecule has 0 fully saturated rings. The fourth-order valence-electron chi connectivity index (χ4n) is 1.42. The van der Waals surface area contributed by atoms with E-state index in [1.54, 1.807) is 18.4 Å². The monoisotopic (exact) mass is 318 g/mol. The number of sulfonamides is 1. The molecule has 0 aliphatic heterocycles. The summed E-state index contributed by atoms with van der Waals surface area (Å²) in [6.45, 7) is 1.52. The Morgan fingerprint density at radius 2 is 2.21 bits per heavy atom. The number of aliphatic hydroxyl groups is 1. The maximum Gasteiger partial charge on any atom is 0.265 e. The third-order valence-electron chi connectivity index (χ3n) is 2.31. The summed E-state index contributed by atoms with van der Waals surface area (Å²) < 4.78 is 26.7. The first kappa shape index (κ1) is 14.3. The predicted octanol–water partition coefficient (Wildman–Crippen LogP) is 2.40. The lowest BCUT2D eigenvalue weighted by molar-refractivity contribution is 0.281. The van der Waals surface area contributed by atoms with Gasteiger partial charge in [-0.15, -0.1) is 11.3 Å². The van der Waals surface area contributed by atoms with Crippen LogP contribution in [0.3, 0.4) is 0 Å². The number of nitrogens with zero attached hydrogens (tertiary/aromatic N) is 1. The van der Waals surface area contributed by atoms with Gasteiger partial charge in [0.25, 0.3) is 10.0 Å². The first-order chi connectivity index (χ1) is 8.92. The molecule has 5 nitrogen and oxygen atoms in total. The molecule has 0 bridgehead atoms. The van der Waals surface area contributed by atoms with Gasteiger partial charge in [-0.1, -0.05) is 17.7 Å². The quantitative estimate of drug-likeness (QED) is 0.907. The van der Waals surface area contributed by atoms with Crippen molar-refractivity contribution in [1.29, 1.82) is 0 Å². The molecule has 2 rings (SSSR count). The molecular weight excluding hydrogens is 308 g/mol. The number of aliphatic hydroxyl groups excluding tert-OH is 1. The van der Waals surface area contributed by atoms with Crippen LogP contribution in [0.15, 0.2) is 28.5 Å². The third-order valence-corrected chi connectivity index (χ3v) is 5.13. The average molecular weight is 319 g/mol. The molecule has 2 aromatic rings. The Morgan fingerprint density at radius 1 is 1.47 bits per heavy atom. The number of benzene rings is 1. The van der Waals surface area contributed by atoms with E-state index in [4.69, 9.17) is 16.7 Å². The molecule has 19 heavy (non-hydrogen) atoms. The molecule has 0 amide bonds. The van der Waals surface area contributed by atoms with Gasteiger partial charge in [-0.2, -0.15) is 0 Å². The highest BCUT2D eigenvalue weighted by atomic mass is 35.5. The summed E-state index contributed by atoms with van der Waals surface area (Å²) in [5.74, 6) is 0. The van der Waals surface area contributed by atoms with Crippen LogP contribution >= 0.6 is 22.9 Å². The summed E-state index contributed by atoms with van der Waals surface area (Å²) in [5, 5.41) is 11.2. The van der Waals surface area contributed by atoms with Gasteiger partial charge in [0.05, 0.1) is 17.3 Å². The SMILES string of the molecule is Cc1csc(NS(=O)(=O)c2cc(CO)ccc2Cl)n1. The fourth-order valence-corrected chi connectivity index (χ4v) is 3.92. The van der Waals surface area contributed by atoms with Gasteiger partial charge < -0.3 is 5.11 Å². The summed E-state index contributed by atoms with van der Waals surface area (Å²) in [6, 6.07) is 4.34. The molecule has 2 N–H and O–H groups in total. The lowest BCUT2D eigenvalue weighted by Gasteiger charge is -2.08. The Balaban J connectivity index is 2.39. The molecule has 1 aromatic heterocycles. The van der Waals surface area contributed by atoms with Crippen molar-refractivity contribution in [3.8, 4) is 0 Å². The number of halogens is 1. The smallest absolute Gasteiger partial charge is 0.265 e. The number of hydrogen-bond donors (Lipinski definition) is 2. The zero-order valence-corrected chi connectivity index (χ0v) is 12.3. The normalized spacial score (nSPS) is 11.5. The van der Waals surface area contributed by atoms with Gasteiger partial charge in [0, 0.05) is 5.38 Å². The van der Waals surface area contributed by atoms with Crippen molar-refractivity contribution in [2.24, 2.45) is 0 Å². The highest BCUT2D eigenvalue weighted by Gasteiger charge is 2.19. The maximum atomic E-state index is 12.2. The number of aromatic nitrogens is 1. The highest BCUT2D eigenvalue weighted by molar-refractivity contribution is 7.93. The Morgan fingerprint density at radius 3 is 2.79 bits per heavy atom. The van der Waals surface area contributed by atoms with E-state index in [2.05, 4.69) is 9.71 Å². The zero-order chi connectivity index (χ0) is 14.0. The molecule has 0 spiro atoms. The van der Waals surface area contributed by atoms with Gasteiger partial charge in [0.1, 0.15) is 4.90 Å². The minimum atomic E-state index is -3.81. The summed E-state index contributed by atoms with van der Waals surface area (Å²) in [7, 11) is -3.81. The molecule has 0 saturated heterocycles. The van der Waals surface area contributed by atoms with E-state index in [9.17, 15) is 8.42 Å². The van der Waals surface area contributed by atoms with E-state index in [-0.39, 0.29) is 21.7 Å². The second-order valence-corrected chi connectivity index (χ2v) is 6.74. The van der Waals surface area contributed by atoms with Crippen LogP contribution in [-0.4, -0.2) is 18.5 Å². The zero-order valence-electron chi connectivity index (χ0n) is 9.92. The average Bonchev–Trinajstić information content (AvgIpc) is 2.74. The van der Waals surface area contributed by atoms with E-state index < -0.39 is 10.0 Å². The second-order valence-electron chi connectivity index (χ2n) is 3.82. The number of aryl methyl sites for hydroxylation is 1. The maximum absolute atomic E-state index is 12.2. The number of thiazole rings is 1. The van der Waals surface area contributed by atoms with Crippen LogP contribution in [0.1, 0.15) is 11.3 Å². The van der Waals surface area contributed by atoms with Crippen molar-refractivity contribution < 1.29 is 13.5 Å². The predicted molar refractivity (Wildman–Crippen MR) is 75.0 cm³/mol. The van der Waals surface area contributed by atoms with E-state index in [1.807, 2.05) is 0 Å². The Kier molecular flexibility index (Phi) is 4.10. The van der Waals surface area contributed by atoms with Crippen LogP contribution in [0.25, 0.3) is 0 Å². The highest BCUT2D eigenvalue weighted by Crippen LogP contribution is 2.26. The molecule has 0 aliphatic rings. The van der Waals surface area contributed by atoms with Gasteiger partial charge in [-0.05, 0) is 24.6 Å². The second kappa shape index (κ2) is 5.46. The van der Waals surface area contributed by atoms with E-state index in [0.29, 0.717) is 5.56 Å². The Hall–Kier alpha value is -1.15. The van der Waals surface area contributed by atoms with Crippen LogP contribution in [0.4, 0.5) is 5.13 Å². The molecule has 1 aromatic carbocycles. The van der Waals surface area contributed by atoms with Gasteiger partial charge in [0.2, 0.25) is 0 Å². The molecule has 0 unspecified atom stereocenters. The van der Waals surface area contributed by atoms with Crippen LogP contribution < -0.4 is 4.72 Å². The summed E-state index contributed by atoms with van der Waals surface area (Å²) in [4.78, 5) is 3.95. The standard InChI is InChI=1S/C11H11ClN2O3S2/c1-7-6-18-11(13-7)14-19(16,17)10-4-8(5-15)2-3-9(10)12/h2-4,6,15H,5H2,1H3,(H,13,14). The molecule has 0 radical (unpaired) electrons. The third kappa shape index (κ3) is 3.24. The van der Waals surface area contributed by atoms with Crippen molar-refractivity contribution in [2.45, 2.75) is 18.4 Å². The summed E-state index contributed by atoms with van der Waals surface area (Å²) >= 11 is 7.08. The molecular formula is C11H11ClN2O3S2. The molecule has 0 atom stereocenters. The van der Waals surface area contributed by atoms with E-state index >= 15 is 0 Å². The number of rotatable bonds is 4. The van der Waals surface area contributed by atoms with Crippen LogP contribution in [0.2, 0.25) is 5.02 Å². The molecule has 0 saturated carbocycles. The molecule has 102 valence electrons. The first-order valence-electron chi connectivity index (χ1n) is 5.26. The van der Waals surface area contributed by atoms with Crippen molar-refractivity contribution in [2.75, 3.05) is 4.72 Å². The van der Waals surface area contributed by atoms with Crippen molar-refractivity contribution in [1.82, 2.24) is 4.98 Å². The largest absolute Gasteiger partial charge is 0.392 e.